The number of halogens is 1. The number of para-hydroxylation sites is 1. The molecule has 0 atom stereocenters. The molecule has 0 radical (unpaired) electrons. The molecule has 184 valence electrons. The van der Waals surface area contributed by atoms with Gasteiger partial charge in [0.1, 0.15) is 11.5 Å². The van der Waals surface area contributed by atoms with Gasteiger partial charge >= 0.3 is 0 Å². The van der Waals surface area contributed by atoms with Gasteiger partial charge in [0.15, 0.2) is 10.9 Å². The molecular formula is C28H27FN4O2S. The number of hydrogen-bond donors (Lipinski definition) is 1. The summed E-state index contributed by atoms with van der Waals surface area (Å²) >= 11 is 5.53. The van der Waals surface area contributed by atoms with Crippen LogP contribution in [0.25, 0.3) is 0 Å². The highest BCUT2D eigenvalue weighted by Crippen LogP contribution is 2.41. The predicted octanol–water partition coefficient (Wildman–Crippen LogP) is 4.78. The Bertz CT molecular complexity index is 1290. The van der Waals surface area contributed by atoms with Crippen LogP contribution >= 0.6 is 12.2 Å². The van der Waals surface area contributed by atoms with Gasteiger partial charge in [-0.05, 0) is 61.2 Å². The minimum Gasteiger partial charge on any atom is -0.349 e. The molecule has 36 heavy (non-hydrogen) atoms. The number of pyridine rings is 1. The number of piperidine rings is 1. The topological polar surface area (TPSA) is 65.5 Å². The van der Waals surface area contributed by atoms with Crippen LogP contribution < -0.4 is 5.32 Å². The molecule has 5 rings (SSSR count). The molecule has 3 aromatic rings. The molecule has 0 aliphatic carbocycles. The Morgan fingerprint density at radius 2 is 1.56 bits per heavy atom. The van der Waals surface area contributed by atoms with Gasteiger partial charge in [-0.15, -0.1) is 0 Å². The number of aromatic nitrogens is 1. The standard InChI is InChI=1S/C28H27FN4O2S/c29-22-10-4-5-11-23(22)31-27(36)32-16-12-28(13-17-32)14-18-33(19-28)26(35)24-21(9-6-15-30-24)25(34)20-7-2-1-3-8-20/h1-11,15H,12-14,16-19H2,(H,31,36). The van der Waals surface area contributed by atoms with Gasteiger partial charge < -0.3 is 15.1 Å². The fourth-order valence-corrected chi connectivity index (χ4v) is 5.40. The zero-order valence-electron chi connectivity index (χ0n) is 19.8. The van der Waals surface area contributed by atoms with Crippen molar-refractivity contribution in [2.75, 3.05) is 31.5 Å². The Balaban J connectivity index is 1.23. The second-order valence-electron chi connectivity index (χ2n) is 9.47. The van der Waals surface area contributed by atoms with Crippen LogP contribution in [-0.2, 0) is 0 Å². The molecule has 0 bridgehead atoms. The van der Waals surface area contributed by atoms with E-state index >= 15 is 0 Å². The third-order valence-electron chi connectivity index (χ3n) is 7.24. The third kappa shape index (κ3) is 4.86. The molecule has 1 aromatic heterocycles. The molecule has 8 heteroatoms. The Morgan fingerprint density at radius 1 is 0.889 bits per heavy atom. The third-order valence-corrected chi connectivity index (χ3v) is 7.60. The van der Waals surface area contributed by atoms with Crippen LogP contribution in [0.3, 0.4) is 0 Å². The molecule has 2 aliphatic heterocycles. The number of carbonyl (C=O) groups excluding carboxylic acids is 2. The lowest BCUT2D eigenvalue weighted by Gasteiger charge is -2.40. The second-order valence-corrected chi connectivity index (χ2v) is 9.86. The van der Waals surface area contributed by atoms with Crippen molar-refractivity contribution in [3.05, 3.63) is 95.6 Å². The van der Waals surface area contributed by atoms with E-state index in [1.807, 2.05) is 11.0 Å². The highest BCUT2D eigenvalue weighted by molar-refractivity contribution is 7.80. The summed E-state index contributed by atoms with van der Waals surface area (Å²) in [6, 6.07) is 18.8. The van der Waals surface area contributed by atoms with Crippen molar-refractivity contribution >= 4 is 34.7 Å². The van der Waals surface area contributed by atoms with Gasteiger partial charge in [-0.25, -0.2) is 4.39 Å². The fourth-order valence-electron chi connectivity index (χ4n) is 5.11. The van der Waals surface area contributed by atoms with Gasteiger partial charge in [-0.2, -0.15) is 0 Å². The molecule has 0 unspecified atom stereocenters. The first-order valence-corrected chi connectivity index (χ1v) is 12.5. The highest BCUT2D eigenvalue weighted by Gasteiger charge is 2.43. The number of anilines is 1. The molecule has 1 amide bonds. The zero-order chi connectivity index (χ0) is 25.1. The van der Waals surface area contributed by atoms with Crippen LogP contribution in [0.1, 0.15) is 45.7 Å². The number of nitrogens with zero attached hydrogens (tertiary/aromatic N) is 3. The van der Waals surface area contributed by atoms with E-state index in [1.54, 1.807) is 60.8 Å². The summed E-state index contributed by atoms with van der Waals surface area (Å²) in [5.74, 6) is -0.742. The SMILES string of the molecule is O=C(c1ccccc1)c1cccnc1C(=O)N1CCC2(CCN(C(=S)Nc3ccccc3F)CC2)C1. The Kier molecular flexibility index (Phi) is 6.78. The molecule has 0 saturated carbocycles. The number of carbonyl (C=O) groups is 2. The molecule has 2 fully saturated rings. The van der Waals surface area contributed by atoms with Crippen LogP contribution in [0.4, 0.5) is 10.1 Å². The molecule has 1 spiro atoms. The van der Waals surface area contributed by atoms with Crippen molar-refractivity contribution in [3.63, 3.8) is 0 Å². The molecule has 2 saturated heterocycles. The first-order chi connectivity index (χ1) is 17.5. The van der Waals surface area contributed by atoms with E-state index < -0.39 is 0 Å². The summed E-state index contributed by atoms with van der Waals surface area (Å²) in [6.07, 6.45) is 4.22. The summed E-state index contributed by atoms with van der Waals surface area (Å²) in [5, 5.41) is 3.53. The van der Waals surface area contributed by atoms with E-state index in [-0.39, 0.29) is 28.6 Å². The molecule has 2 aromatic carbocycles. The maximum Gasteiger partial charge on any atom is 0.273 e. The van der Waals surface area contributed by atoms with Gasteiger partial charge in [-0.1, -0.05) is 42.5 Å². The molecule has 1 N–H and O–H groups in total. The summed E-state index contributed by atoms with van der Waals surface area (Å²) in [7, 11) is 0. The number of hydrogen-bond acceptors (Lipinski definition) is 4. The quantitative estimate of drug-likeness (QED) is 0.409. The maximum absolute atomic E-state index is 14.0. The van der Waals surface area contributed by atoms with Crippen molar-refractivity contribution in [2.24, 2.45) is 5.41 Å². The Labute approximate surface area is 215 Å². The Hall–Kier alpha value is -3.65. The fraction of sp³-hybridized carbons (Fsp3) is 0.286. The van der Waals surface area contributed by atoms with E-state index in [2.05, 4.69) is 15.2 Å². The lowest BCUT2D eigenvalue weighted by Crippen LogP contribution is -2.46. The van der Waals surface area contributed by atoms with Gasteiger partial charge in [0.25, 0.3) is 5.91 Å². The minimum atomic E-state index is -0.335. The highest BCUT2D eigenvalue weighted by atomic mass is 32.1. The van der Waals surface area contributed by atoms with Crippen molar-refractivity contribution in [1.82, 2.24) is 14.8 Å². The average molecular weight is 503 g/mol. The molecule has 6 nitrogen and oxygen atoms in total. The largest absolute Gasteiger partial charge is 0.349 e. The Morgan fingerprint density at radius 3 is 2.28 bits per heavy atom. The minimum absolute atomic E-state index is 0.0121. The van der Waals surface area contributed by atoms with Crippen LogP contribution in [0.15, 0.2) is 72.9 Å². The van der Waals surface area contributed by atoms with Crippen LogP contribution in [0, 0.1) is 11.2 Å². The van der Waals surface area contributed by atoms with E-state index in [1.165, 1.54) is 6.07 Å². The van der Waals surface area contributed by atoms with Crippen molar-refractivity contribution in [3.8, 4) is 0 Å². The van der Waals surface area contributed by atoms with Crippen molar-refractivity contribution < 1.29 is 14.0 Å². The lowest BCUT2D eigenvalue weighted by atomic mass is 9.78. The van der Waals surface area contributed by atoms with Crippen LogP contribution in [0.2, 0.25) is 0 Å². The number of amides is 1. The molecule has 2 aliphatic rings. The average Bonchev–Trinajstić information content (AvgIpc) is 3.33. The number of ketones is 1. The number of rotatable bonds is 4. The van der Waals surface area contributed by atoms with Crippen LogP contribution in [-0.4, -0.2) is 57.8 Å². The van der Waals surface area contributed by atoms with Crippen molar-refractivity contribution in [1.29, 1.82) is 0 Å². The van der Waals surface area contributed by atoms with Gasteiger partial charge in [0, 0.05) is 37.9 Å². The monoisotopic (exact) mass is 502 g/mol. The normalized spacial score (nSPS) is 16.7. The smallest absolute Gasteiger partial charge is 0.273 e. The van der Waals surface area contributed by atoms with E-state index in [4.69, 9.17) is 12.2 Å². The number of benzene rings is 2. The number of likely N-dealkylation sites (tertiary alicyclic amines) is 2. The van der Waals surface area contributed by atoms with E-state index in [0.717, 1.165) is 32.4 Å². The van der Waals surface area contributed by atoms with Gasteiger partial charge in [0.2, 0.25) is 0 Å². The van der Waals surface area contributed by atoms with Gasteiger partial charge in [0.05, 0.1) is 11.3 Å². The first kappa shape index (κ1) is 24.1. The van der Waals surface area contributed by atoms with E-state index in [0.29, 0.717) is 35.0 Å². The summed E-state index contributed by atoms with van der Waals surface area (Å²) in [6.45, 7) is 2.74. The van der Waals surface area contributed by atoms with Crippen molar-refractivity contribution in [2.45, 2.75) is 19.3 Å². The first-order valence-electron chi connectivity index (χ1n) is 12.1. The van der Waals surface area contributed by atoms with E-state index in [9.17, 15) is 14.0 Å². The number of thiocarbonyl (C=S) groups is 1. The molecular weight excluding hydrogens is 475 g/mol. The second kappa shape index (κ2) is 10.1. The molecule has 3 heterocycles. The maximum atomic E-state index is 14.0. The predicted molar refractivity (Wildman–Crippen MR) is 140 cm³/mol. The zero-order valence-corrected chi connectivity index (χ0v) is 20.6. The summed E-state index contributed by atoms with van der Waals surface area (Å²) < 4.78 is 14.0. The van der Waals surface area contributed by atoms with Crippen LogP contribution in [0.5, 0.6) is 0 Å². The summed E-state index contributed by atoms with van der Waals surface area (Å²) in [5.41, 5.74) is 1.45. The lowest BCUT2D eigenvalue weighted by molar-refractivity contribution is 0.0739. The van der Waals surface area contributed by atoms with Gasteiger partial charge in [-0.3, -0.25) is 14.6 Å². The number of nitrogens with one attached hydrogen (secondary N) is 1. The summed E-state index contributed by atoms with van der Waals surface area (Å²) in [4.78, 5) is 34.7.